The van der Waals surface area contributed by atoms with Gasteiger partial charge in [-0.05, 0) is 37.5 Å². The number of imidazole rings is 1. The van der Waals surface area contributed by atoms with Crippen molar-refractivity contribution < 1.29 is 5.11 Å². The van der Waals surface area contributed by atoms with Crippen molar-refractivity contribution in [2.45, 2.75) is 24.9 Å². The molecule has 0 aliphatic heterocycles. The van der Waals surface area contributed by atoms with Crippen LogP contribution in [0.1, 0.15) is 18.4 Å². The van der Waals surface area contributed by atoms with Gasteiger partial charge in [0, 0.05) is 12.4 Å². The summed E-state index contributed by atoms with van der Waals surface area (Å²) < 4.78 is 0. The normalized spacial score (nSPS) is 11.1. The third-order valence-corrected chi connectivity index (χ3v) is 3.37. The van der Waals surface area contributed by atoms with Gasteiger partial charge in [0.25, 0.3) is 0 Å². The minimum absolute atomic E-state index is 0.278. The number of fused-ring (bicyclic) bond motifs is 1. The summed E-state index contributed by atoms with van der Waals surface area (Å²) in [6.45, 7) is 2.36. The predicted octanol–water partition coefficient (Wildman–Crippen LogP) is 2.74. The van der Waals surface area contributed by atoms with E-state index >= 15 is 0 Å². The molecule has 0 unspecified atom stereocenters. The van der Waals surface area contributed by atoms with Gasteiger partial charge < -0.3 is 10.1 Å². The first-order valence-corrected chi connectivity index (χ1v) is 6.48. The molecule has 4 heteroatoms. The fourth-order valence-electron chi connectivity index (χ4n) is 1.55. The van der Waals surface area contributed by atoms with Crippen LogP contribution >= 0.6 is 11.8 Å². The Morgan fingerprint density at radius 2 is 2.25 bits per heavy atom. The summed E-state index contributed by atoms with van der Waals surface area (Å²) in [5.41, 5.74) is 3.37. The van der Waals surface area contributed by atoms with Gasteiger partial charge in [0.05, 0.1) is 11.0 Å². The first-order valence-electron chi connectivity index (χ1n) is 5.49. The molecule has 0 spiro atoms. The highest BCUT2D eigenvalue weighted by Gasteiger charge is 2.02. The number of unbranched alkanes of at least 4 members (excludes halogenated alkanes) is 1. The van der Waals surface area contributed by atoms with E-state index in [9.17, 15) is 0 Å². The Kier molecular flexibility index (Phi) is 3.85. The summed E-state index contributed by atoms with van der Waals surface area (Å²) >= 11 is 1.71. The summed E-state index contributed by atoms with van der Waals surface area (Å²) in [6, 6.07) is 6.22. The number of benzene rings is 1. The molecule has 2 N–H and O–H groups in total. The molecule has 0 aliphatic rings. The lowest BCUT2D eigenvalue weighted by Crippen LogP contribution is -1.85. The van der Waals surface area contributed by atoms with Crippen LogP contribution in [-0.2, 0) is 0 Å². The van der Waals surface area contributed by atoms with E-state index in [0.29, 0.717) is 0 Å². The first kappa shape index (κ1) is 11.5. The Labute approximate surface area is 99.3 Å². The predicted molar refractivity (Wildman–Crippen MR) is 67.9 cm³/mol. The molecule has 86 valence electrons. The van der Waals surface area contributed by atoms with Crippen molar-refractivity contribution in [3.63, 3.8) is 0 Å². The van der Waals surface area contributed by atoms with Gasteiger partial charge in [-0.15, -0.1) is 0 Å². The van der Waals surface area contributed by atoms with Crippen molar-refractivity contribution in [1.29, 1.82) is 0 Å². The fraction of sp³-hybridized carbons (Fsp3) is 0.417. The van der Waals surface area contributed by atoms with Gasteiger partial charge in [0.2, 0.25) is 0 Å². The number of aryl methyl sites for hydroxylation is 1. The van der Waals surface area contributed by atoms with Gasteiger partial charge in [0.15, 0.2) is 5.16 Å². The quantitative estimate of drug-likeness (QED) is 0.620. The molecule has 0 aliphatic carbocycles. The van der Waals surface area contributed by atoms with Gasteiger partial charge >= 0.3 is 0 Å². The Morgan fingerprint density at radius 3 is 3.06 bits per heavy atom. The smallest absolute Gasteiger partial charge is 0.166 e. The lowest BCUT2D eigenvalue weighted by molar-refractivity contribution is 0.287. The van der Waals surface area contributed by atoms with E-state index in [1.807, 2.05) is 6.07 Å². The van der Waals surface area contributed by atoms with Crippen LogP contribution < -0.4 is 0 Å². The van der Waals surface area contributed by atoms with Gasteiger partial charge in [-0.1, -0.05) is 17.8 Å². The van der Waals surface area contributed by atoms with Crippen LogP contribution in [0.2, 0.25) is 0 Å². The molecule has 0 bridgehead atoms. The molecule has 0 saturated carbocycles. The largest absolute Gasteiger partial charge is 0.396 e. The average molecular weight is 236 g/mol. The van der Waals surface area contributed by atoms with E-state index in [4.69, 9.17) is 5.11 Å². The SMILES string of the molecule is Cc1ccc2nc(SCCCCO)[nH]c2c1. The first-order chi connectivity index (χ1) is 7.79. The molecule has 2 aromatic rings. The number of thioether (sulfide) groups is 1. The molecule has 16 heavy (non-hydrogen) atoms. The van der Waals surface area contributed by atoms with Crippen molar-refractivity contribution in [2.24, 2.45) is 0 Å². The summed E-state index contributed by atoms with van der Waals surface area (Å²) in [7, 11) is 0. The molecule has 0 atom stereocenters. The topological polar surface area (TPSA) is 48.9 Å². The maximum absolute atomic E-state index is 8.68. The van der Waals surface area contributed by atoms with E-state index in [0.717, 1.165) is 34.8 Å². The molecule has 3 nitrogen and oxygen atoms in total. The highest BCUT2D eigenvalue weighted by molar-refractivity contribution is 7.99. The minimum atomic E-state index is 0.278. The molecule has 2 rings (SSSR count). The van der Waals surface area contributed by atoms with Gasteiger partial charge in [0.1, 0.15) is 0 Å². The van der Waals surface area contributed by atoms with Crippen molar-refractivity contribution >= 4 is 22.8 Å². The molecular weight excluding hydrogens is 220 g/mol. The number of H-pyrrole nitrogens is 1. The lowest BCUT2D eigenvalue weighted by atomic mass is 10.2. The van der Waals surface area contributed by atoms with E-state index in [1.54, 1.807) is 11.8 Å². The number of hydrogen-bond acceptors (Lipinski definition) is 3. The van der Waals surface area contributed by atoms with Crippen LogP contribution in [0.3, 0.4) is 0 Å². The van der Waals surface area contributed by atoms with E-state index in [1.165, 1.54) is 5.56 Å². The monoisotopic (exact) mass is 236 g/mol. The average Bonchev–Trinajstić information content (AvgIpc) is 2.66. The maximum atomic E-state index is 8.68. The number of aromatic nitrogens is 2. The molecule has 0 amide bonds. The number of nitrogens with zero attached hydrogens (tertiary/aromatic N) is 1. The van der Waals surface area contributed by atoms with Crippen LogP contribution in [0.4, 0.5) is 0 Å². The van der Waals surface area contributed by atoms with Crippen LogP contribution in [0.25, 0.3) is 11.0 Å². The molecule has 1 aromatic heterocycles. The van der Waals surface area contributed by atoms with Gasteiger partial charge in [-0.2, -0.15) is 0 Å². The number of hydrogen-bond donors (Lipinski definition) is 2. The standard InChI is InChI=1S/C12H16N2OS/c1-9-4-5-10-11(8-9)14-12(13-10)16-7-3-2-6-15/h4-5,8,15H,2-3,6-7H2,1H3,(H,13,14). The van der Waals surface area contributed by atoms with Crippen LogP contribution in [-0.4, -0.2) is 27.4 Å². The fourth-order valence-corrected chi connectivity index (χ4v) is 2.44. The van der Waals surface area contributed by atoms with Crippen LogP contribution in [0.15, 0.2) is 23.4 Å². The summed E-state index contributed by atoms with van der Waals surface area (Å²) in [6.07, 6.45) is 1.89. The zero-order chi connectivity index (χ0) is 11.4. The minimum Gasteiger partial charge on any atom is -0.396 e. The zero-order valence-electron chi connectivity index (χ0n) is 9.36. The zero-order valence-corrected chi connectivity index (χ0v) is 10.2. The second-order valence-corrected chi connectivity index (χ2v) is 4.93. The van der Waals surface area contributed by atoms with Crippen molar-refractivity contribution in [3.05, 3.63) is 23.8 Å². The van der Waals surface area contributed by atoms with Crippen molar-refractivity contribution in [1.82, 2.24) is 9.97 Å². The molecule has 1 aromatic carbocycles. The Bertz CT molecular complexity index is 467. The number of aromatic amines is 1. The Balaban J connectivity index is 2.02. The second kappa shape index (κ2) is 5.37. The van der Waals surface area contributed by atoms with Crippen LogP contribution in [0, 0.1) is 6.92 Å². The van der Waals surface area contributed by atoms with Crippen LogP contribution in [0.5, 0.6) is 0 Å². The van der Waals surface area contributed by atoms with Gasteiger partial charge in [-0.3, -0.25) is 0 Å². The number of rotatable bonds is 5. The molecule has 0 saturated heterocycles. The summed E-state index contributed by atoms with van der Waals surface area (Å²) in [5, 5.41) is 9.65. The molecule has 0 radical (unpaired) electrons. The summed E-state index contributed by atoms with van der Waals surface area (Å²) in [5.74, 6) is 0.999. The van der Waals surface area contributed by atoms with E-state index < -0.39 is 0 Å². The Morgan fingerprint density at radius 1 is 1.38 bits per heavy atom. The third-order valence-electron chi connectivity index (χ3n) is 2.41. The third kappa shape index (κ3) is 2.77. The maximum Gasteiger partial charge on any atom is 0.166 e. The Hall–Kier alpha value is -1.00. The highest BCUT2D eigenvalue weighted by Crippen LogP contribution is 2.20. The number of nitrogens with one attached hydrogen (secondary N) is 1. The van der Waals surface area contributed by atoms with Gasteiger partial charge in [-0.25, -0.2) is 4.98 Å². The lowest BCUT2D eigenvalue weighted by Gasteiger charge is -1.95. The second-order valence-electron chi connectivity index (χ2n) is 3.84. The molecule has 1 heterocycles. The van der Waals surface area contributed by atoms with Crippen molar-refractivity contribution in [3.8, 4) is 0 Å². The van der Waals surface area contributed by atoms with Crippen molar-refractivity contribution in [2.75, 3.05) is 12.4 Å². The number of aliphatic hydroxyl groups excluding tert-OH is 1. The van der Waals surface area contributed by atoms with E-state index in [-0.39, 0.29) is 6.61 Å². The molecular formula is C12H16N2OS. The summed E-state index contributed by atoms with van der Waals surface area (Å²) in [4.78, 5) is 7.80. The molecule has 0 fully saturated rings. The highest BCUT2D eigenvalue weighted by atomic mass is 32.2. The number of aliphatic hydroxyl groups is 1. The van der Waals surface area contributed by atoms with E-state index in [2.05, 4.69) is 29.0 Å².